The van der Waals surface area contributed by atoms with Crippen LogP contribution >= 0.6 is 0 Å². The Morgan fingerprint density at radius 2 is 1.52 bits per heavy atom. The first kappa shape index (κ1) is 26.7. The van der Waals surface area contributed by atoms with Gasteiger partial charge >= 0.3 is 0 Å². The van der Waals surface area contributed by atoms with E-state index in [2.05, 4.69) is 103 Å². The summed E-state index contributed by atoms with van der Waals surface area (Å²) >= 11 is 0. The number of rotatable bonds is 6. The summed E-state index contributed by atoms with van der Waals surface area (Å²) in [7, 11) is 0. The molecule has 168 valence electrons. The van der Waals surface area contributed by atoms with Crippen LogP contribution in [0.1, 0.15) is 90.6 Å². The van der Waals surface area contributed by atoms with Gasteiger partial charge < -0.3 is 0 Å². The van der Waals surface area contributed by atoms with E-state index in [1.807, 2.05) is 0 Å². The third-order valence-corrected chi connectivity index (χ3v) is 6.01. The SMILES string of the molecule is C.C.C=C(C)c1cc(CCc2ccc(C3=CC=C(C(C)C)C3)cc2)cc(C(C)(C)C)c1. The van der Waals surface area contributed by atoms with E-state index < -0.39 is 0 Å². The third-order valence-electron chi connectivity index (χ3n) is 6.01. The zero-order valence-electron chi connectivity index (χ0n) is 19.1. The molecule has 1 aliphatic rings. The van der Waals surface area contributed by atoms with Gasteiger partial charge in [0.15, 0.2) is 0 Å². The Labute approximate surface area is 192 Å². The standard InChI is InChI=1S/C29H36.2CH4/c1-20(2)25-14-15-26(18-25)24-12-10-22(11-13-24)8-9-23-16-27(21(3)4)19-28(17-23)29(5,6)7;;/h10-17,19-20H,3,8-9,18H2,1-2,4-7H3;2*1H4. The van der Waals surface area contributed by atoms with Crippen molar-refractivity contribution in [3.05, 3.63) is 94.6 Å². The van der Waals surface area contributed by atoms with Crippen LogP contribution in [0.4, 0.5) is 0 Å². The fraction of sp³-hybridized carbons (Fsp3) is 0.419. The Balaban J connectivity index is 0.00000240. The molecule has 0 amide bonds. The van der Waals surface area contributed by atoms with Crippen molar-refractivity contribution >= 4 is 11.1 Å². The zero-order chi connectivity index (χ0) is 21.2. The summed E-state index contributed by atoms with van der Waals surface area (Å²) in [5.41, 5.74) is 11.1. The van der Waals surface area contributed by atoms with Gasteiger partial charge in [-0.1, -0.05) is 122 Å². The second-order valence-corrected chi connectivity index (χ2v) is 9.91. The van der Waals surface area contributed by atoms with Crippen molar-refractivity contribution in [1.29, 1.82) is 0 Å². The molecule has 3 rings (SSSR count). The molecule has 0 aliphatic heterocycles. The minimum atomic E-state index is 0. The van der Waals surface area contributed by atoms with E-state index in [0.717, 1.165) is 24.8 Å². The first-order valence-corrected chi connectivity index (χ1v) is 10.9. The highest BCUT2D eigenvalue weighted by Gasteiger charge is 2.16. The fourth-order valence-corrected chi connectivity index (χ4v) is 3.83. The second kappa shape index (κ2) is 10.8. The van der Waals surface area contributed by atoms with Crippen molar-refractivity contribution in [3.8, 4) is 0 Å². The van der Waals surface area contributed by atoms with Crippen molar-refractivity contribution in [2.24, 2.45) is 5.92 Å². The quantitative estimate of drug-likeness (QED) is 0.440. The predicted molar refractivity (Wildman–Crippen MR) is 143 cm³/mol. The molecule has 0 heterocycles. The van der Waals surface area contributed by atoms with Gasteiger partial charge in [-0.3, -0.25) is 0 Å². The normalized spacial score (nSPS) is 13.3. The molecule has 0 aromatic heterocycles. The maximum atomic E-state index is 4.16. The lowest BCUT2D eigenvalue weighted by Gasteiger charge is -2.21. The minimum absolute atomic E-state index is 0. The molecule has 0 unspecified atom stereocenters. The van der Waals surface area contributed by atoms with Crippen molar-refractivity contribution in [3.63, 3.8) is 0 Å². The van der Waals surface area contributed by atoms with E-state index in [4.69, 9.17) is 0 Å². The molecule has 0 heteroatoms. The highest BCUT2D eigenvalue weighted by molar-refractivity contribution is 5.72. The number of hydrogen-bond acceptors (Lipinski definition) is 0. The number of benzene rings is 2. The average Bonchev–Trinajstić information content (AvgIpc) is 3.16. The van der Waals surface area contributed by atoms with E-state index in [1.54, 1.807) is 0 Å². The van der Waals surface area contributed by atoms with Gasteiger partial charge in [0.05, 0.1) is 0 Å². The molecule has 0 fully saturated rings. The minimum Gasteiger partial charge on any atom is -0.0955 e. The van der Waals surface area contributed by atoms with Gasteiger partial charge in [-0.05, 0) is 70.9 Å². The van der Waals surface area contributed by atoms with E-state index >= 15 is 0 Å². The lowest BCUT2D eigenvalue weighted by atomic mass is 9.83. The second-order valence-electron chi connectivity index (χ2n) is 9.91. The zero-order valence-corrected chi connectivity index (χ0v) is 19.1. The summed E-state index contributed by atoms with van der Waals surface area (Å²) in [6, 6.07) is 16.2. The average molecular weight is 417 g/mol. The molecule has 0 bridgehead atoms. The van der Waals surface area contributed by atoms with E-state index in [0.29, 0.717) is 5.92 Å². The van der Waals surface area contributed by atoms with Gasteiger partial charge in [-0.25, -0.2) is 0 Å². The van der Waals surface area contributed by atoms with Gasteiger partial charge in [0.2, 0.25) is 0 Å². The molecule has 0 saturated carbocycles. The lowest BCUT2D eigenvalue weighted by Crippen LogP contribution is -2.12. The van der Waals surface area contributed by atoms with E-state index in [-0.39, 0.29) is 20.3 Å². The van der Waals surface area contributed by atoms with Crippen molar-refractivity contribution in [2.45, 2.75) is 81.1 Å². The molecule has 2 aromatic carbocycles. The first-order chi connectivity index (χ1) is 13.6. The van der Waals surface area contributed by atoms with Crippen LogP contribution in [0.25, 0.3) is 11.1 Å². The molecule has 31 heavy (non-hydrogen) atoms. The van der Waals surface area contributed by atoms with Crippen LogP contribution in [0.5, 0.6) is 0 Å². The van der Waals surface area contributed by atoms with Crippen molar-refractivity contribution in [2.75, 3.05) is 0 Å². The molecule has 0 saturated heterocycles. The third kappa shape index (κ3) is 6.82. The smallest absolute Gasteiger partial charge is 0.00555 e. The van der Waals surface area contributed by atoms with E-state index in [1.165, 1.54) is 39.0 Å². The lowest BCUT2D eigenvalue weighted by molar-refractivity contribution is 0.589. The molecular formula is C31H44. The molecule has 0 radical (unpaired) electrons. The Hall–Kier alpha value is -2.34. The van der Waals surface area contributed by atoms with Gasteiger partial charge in [0, 0.05) is 0 Å². The largest absolute Gasteiger partial charge is 0.0955 e. The highest BCUT2D eigenvalue weighted by atomic mass is 14.2. The van der Waals surface area contributed by atoms with Crippen molar-refractivity contribution < 1.29 is 0 Å². The molecule has 2 aromatic rings. The summed E-state index contributed by atoms with van der Waals surface area (Å²) in [5.74, 6) is 0.635. The highest BCUT2D eigenvalue weighted by Crippen LogP contribution is 2.32. The van der Waals surface area contributed by atoms with Crippen LogP contribution < -0.4 is 0 Å². The molecule has 0 N–H and O–H groups in total. The number of aryl methyl sites for hydroxylation is 2. The predicted octanol–water partition coefficient (Wildman–Crippen LogP) is 9.44. The number of hydrogen-bond donors (Lipinski definition) is 0. The Morgan fingerprint density at radius 3 is 2.03 bits per heavy atom. The van der Waals surface area contributed by atoms with E-state index in [9.17, 15) is 0 Å². The molecule has 0 nitrogen and oxygen atoms in total. The summed E-state index contributed by atoms with van der Waals surface area (Å²) in [6.07, 6.45) is 7.82. The Bertz CT molecular complexity index is 941. The van der Waals surface area contributed by atoms with Gasteiger partial charge in [0.1, 0.15) is 0 Å². The molecule has 1 aliphatic carbocycles. The van der Waals surface area contributed by atoms with Crippen molar-refractivity contribution in [1.82, 2.24) is 0 Å². The van der Waals surface area contributed by atoms with Crippen LogP contribution in [0.15, 0.2) is 66.8 Å². The van der Waals surface area contributed by atoms with Crippen LogP contribution in [-0.4, -0.2) is 0 Å². The van der Waals surface area contributed by atoms with Gasteiger partial charge in [-0.2, -0.15) is 0 Å². The molecule has 0 atom stereocenters. The Kier molecular flexibility index (Phi) is 9.30. The first-order valence-electron chi connectivity index (χ1n) is 10.9. The summed E-state index contributed by atoms with van der Waals surface area (Å²) in [6.45, 7) is 17.7. The van der Waals surface area contributed by atoms with Crippen LogP contribution in [0, 0.1) is 5.92 Å². The Morgan fingerprint density at radius 1 is 0.903 bits per heavy atom. The fourth-order valence-electron chi connectivity index (χ4n) is 3.83. The van der Waals surface area contributed by atoms with Gasteiger partial charge in [0.25, 0.3) is 0 Å². The monoisotopic (exact) mass is 416 g/mol. The molecule has 0 spiro atoms. The van der Waals surface area contributed by atoms with Crippen LogP contribution in [-0.2, 0) is 18.3 Å². The van der Waals surface area contributed by atoms with Crippen LogP contribution in [0.2, 0.25) is 0 Å². The molecular weight excluding hydrogens is 372 g/mol. The number of allylic oxidation sites excluding steroid dienone is 5. The summed E-state index contributed by atoms with van der Waals surface area (Å²) < 4.78 is 0. The topological polar surface area (TPSA) is 0 Å². The summed E-state index contributed by atoms with van der Waals surface area (Å²) in [4.78, 5) is 0. The maximum absolute atomic E-state index is 4.16. The maximum Gasteiger partial charge on any atom is -0.00555 e. The summed E-state index contributed by atoms with van der Waals surface area (Å²) in [5, 5.41) is 0. The van der Waals surface area contributed by atoms with Crippen LogP contribution in [0.3, 0.4) is 0 Å². The van der Waals surface area contributed by atoms with Gasteiger partial charge in [-0.15, -0.1) is 0 Å².